The summed E-state index contributed by atoms with van der Waals surface area (Å²) >= 11 is 8.74. The highest BCUT2D eigenvalue weighted by atomic mass is 79.9. The van der Waals surface area contributed by atoms with Gasteiger partial charge in [0.2, 0.25) is 0 Å². The zero-order valence-electron chi connectivity index (χ0n) is 10.3. The average Bonchev–Trinajstić information content (AvgIpc) is 2.77. The Morgan fingerprint density at radius 1 is 1.25 bits per heavy atom. The molecule has 108 valence electrons. The summed E-state index contributed by atoms with van der Waals surface area (Å²) in [6.45, 7) is 1.78. The first-order chi connectivity index (χ1) is 9.27. The van der Waals surface area contributed by atoms with E-state index in [1.807, 2.05) is 0 Å². The molecular weight excluding hydrogens is 358 g/mol. The maximum absolute atomic E-state index is 12.8. The second kappa shape index (κ2) is 5.69. The van der Waals surface area contributed by atoms with Gasteiger partial charge < -0.3 is 9.73 Å². The van der Waals surface area contributed by atoms with Crippen molar-refractivity contribution in [2.75, 3.05) is 5.32 Å². The highest BCUT2D eigenvalue weighted by Gasteiger charge is 2.33. The fraction of sp³-hybridized carbons (Fsp3) is 0.231. The van der Waals surface area contributed by atoms with Gasteiger partial charge >= 0.3 is 6.18 Å². The number of nitrogens with one attached hydrogen (secondary N) is 1. The molecule has 0 amide bonds. The number of rotatable bonds is 3. The third kappa shape index (κ3) is 3.49. The highest BCUT2D eigenvalue weighted by molar-refractivity contribution is 9.10. The topological polar surface area (TPSA) is 25.2 Å². The summed E-state index contributed by atoms with van der Waals surface area (Å²) in [7, 11) is 0. The van der Waals surface area contributed by atoms with Crippen LogP contribution in [0.3, 0.4) is 0 Å². The van der Waals surface area contributed by atoms with Crippen molar-refractivity contribution in [3.63, 3.8) is 0 Å². The molecule has 0 aliphatic carbocycles. The molecule has 0 bridgehead atoms. The number of alkyl halides is 3. The minimum Gasteiger partial charge on any atom is -0.452 e. The number of benzene rings is 1. The molecule has 0 aliphatic heterocycles. The van der Waals surface area contributed by atoms with Crippen molar-refractivity contribution >= 4 is 33.2 Å². The summed E-state index contributed by atoms with van der Waals surface area (Å²) in [4.78, 5) is 0. The Balaban J connectivity index is 2.22. The average molecular weight is 369 g/mol. The van der Waals surface area contributed by atoms with Crippen molar-refractivity contribution in [1.82, 2.24) is 0 Å². The van der Waals surface area contributed by atoms with E-state index in [4.69, 9.17) is 16.0 Å². The largest absolute Gasteiger partial charge is 0.452 e. The molecule has 1 aromatic heterocycles. The van der Waals surface area contributed by atoms with Crippen LogP contribution < -0.4 is 5.32 Å². The molecule has 1 unspecified atom stereocenters. The Labute approximate surface area is 127 Å². The van der Waals surface area contributed by atoms with Crippen LogP contribution in [0.4, 0.5) is 18.9 Å². The number of halogens is 5. The Hall–Kier alpha value is -1.14. The van der Waals surface area contributed by atoms with Crippen molar-refractivity contribution in [2.24, 2.45) is 0 Å². The van der Waals surface area contributed by atoms with E-state index in [0.29, 0.717) is 16.1 Å². The lowest BCUT2D eigenvalue weighted by Crippen LogP contribution is -2.09. The maximum Gasteiger partial charge on any atom is 0.417 e. The van der Waals surface area contributed by atoms with E-state index in [2.05, 4.69) is 21.2 Å². The quantitative estimate of drug-likeness (QED) is 0.731. The molecule has 0 saturated carbocycles. The monoisotopic (exact) mass is 367 g/mol. The first kappa shape index (κ1) is 15.3. The van der Waals surface area contributed by atoms with Gasteiger partial charge in [-0.15, -0.1) is 0 Å². The van der Waals surface area contributed by atoms with Crippen LogP contribution in [0.2, 0.25) is 5.02 Å². The molecule has 1 aromatic carbocycles. The standard InChI is InChI=1S/C13H10BrClF3NO/c1-7(11-4-5-12(14)20-11)19-8-2-3-10(15)9(6-8)13(16,17)18/h2-7,19H,1H3. The molecule has 1 atom stereocenters. The van der Waals surface area contributed by atoms with Crippen LogP contribution in [0, 0.1) is 0 Å². The second-order valence-electron chi connectivity index (χ2n) is 4.20. The van der Waals surface area contributed by atoms with Crippen molar-refractivity contribution in [3.8, 4) is 0 Å². The van der Waals surface area contributed by atoms with Gasteiger partial charge in [0.1, 0.15) is 5.76 Å². The second-order valence-corrected chi connectivity index (χ2v) is 5.39. The minimum atomic E-state index is -4.48. The normalized spacial score (nSPS) is 13.3. The highest BCUT2D eigenvalue weighted by Crippen LogP contribution is 2.36. The van der Waals surface area contributed by atoms with Gasteiger partial charge in [0.25, 0.3) is 0 Å². The van der Waals surface area contributed by atoms with Crippen molar-refractivity contribution in [1.29, 1.82) is 0 Å². The summed E-state index contributed by atoms with van der Waals surface area (Å²) in [6.07, 6.45) is -4.48. The van der Waals surface area contributed by atoms with Gasteiger partial charge in [-0.25, -0.2) is 0 Å². The first-order valence-electron chi connectivity index (χ1n) is 5.66. The van der Waals surface area contributed by atoms with Crippen LogP contribution in [0.25, 0.3) is 0 Å². The van der Waals surface area contributed by atoms with Gasteiger partial charge in [-0.05, 0) is 53.2 Å². The lowest BCUT2D eigenvalue weighted by molar-refractivity contribution is -0.137. The zero-order valence-corrected chi connectivity index (χ0v) is 12.6. The molecule has 2 aromatic rings. The lowest BCUT2D eigenvalue weighted by atomic mass is 10.1. The molecule has 2 nitrogen and oxygen atoms in total. The number of hydrogen-bond acceptors (Lipinski definition) is 2. The van der Waals surface area contributed by atoms with Crippen LogP contribution in [-0.2, 0) is 6.18 Å². The predicted octanol–water partition coefficient (Wildman–Crippen LogP) is 5.89. The fourth-order valence-electron chi connectivity index (χ4n) is 1.71. The van der Waals surface area contributed by atoms with Gasteiger partial charge in [0.05, 0.1) is 16.6 Å². The molecule has 0 saturated heterocycles. The van der Waals surface area contributed by atoms with Crippen LogP contribution in [0.5, 0.6) is 0 Å². The Morgan fingerprint density at radius 2 is 1.95 bits per heavy atom. The maximum atomic E-state index is 12.8. The van der Waals surface area contributed by atoms with Crippen LogP contribution in [-0.4, -0.2) is 0 Å². The van der Waals surface area contributed by atoms with E-state index in [0.717, 1.165) is 6.07 Å². The van der Waals surface area contributed by atoms with Crippen LogP contribution in [0.15, 0.2) is 39.4 Å². The van der Waals surface area contributed by atoms with E-state index in [9.17, 15) is 13.2 Å². The predicted molar refractivity (Wildman–Crippen MR) is 74.9 cm³/mol. The molecule has 1 N–H and O–H groups in total. The van der Waals surface area contributed by atoms with E-state index in [1.165, 1.54) is 12.1 Å². The lowest BCUT2D eigenvalue weighted by Gasteiger charge is -2.15. The molecule has 20 heavy (non-hydrogen) atoms. The molecule has 0 spiro atoms. The summed E-state index contributed by atoms with van der Waals surface area (Å²) in [5.74, 6) is 0.611. The van der Waals surface area contributed by atoms with E-state index in [-0.39, 0.29) is 11.1 Å². The van der Waals surface area contributed by atoms with E-state index < -0.39 is 11.7 Å². The van der Waals surface area contributed by atoms with E-state index in [1.54, 1.807) is 19.1 Å². The number of anilines is 1. The van der Waals surface area contributed by atoms with Gasteiger partial charge in [0.15, 0.2) is 4.67 Å². The molecule has 7 heteroatoms. The Morgan fingerprint density at radius 3 is 2.50 bits per heavy atom. The van der Waals surface area contributed by atoms with E-state index >= 15 is 0 Å². The summed E-state index contributed by atoms with van der Waals surface area (Å²) in [5.41, 5.74) is -0.543. The fourth-order valence-corrected chi connectivity index (χ4v) is 2.26. The third-order valence-corrected chi connectivity index (χ3v) is 3.43. The Bertz CT molecular complexity index is 612. The summed E-state index contributed by atoms with van der Waals surface area (Å²) in [6, 6.07) is 6.88. The first-order valence-corrected chi connectivity index (χ1v) is 6.83. The van der Waals surface area contributed by atoms with Gasteiger partial charge in [0, 0.05) is 5.69 Å². The van der Waals surface area contributed by atoms with Crippen molar-refractivity contribution in [3.05, 3.63) is 51.3 Å². The zero-order chi connectivity index (χ0) is 14.9. The van der Waals surface area contributed by atoms with Gasteiger partial charge in [-0.2, -0.15) is 13.2 Å². The molecule has 0 fully saturated rings. The number of hydrogen-bond donors (Lipinski definition) is 1. The van der Waals surface area contributed by atoms with Crippen molar-refractivity contribution in [2.45, 2.75) is 19.1 Å². The number of furan rings is 1. The summed E-state index contributed by atoms with van der Waals surface area (Å²) < 4.78 is 44.2. The molecule has 0 aliphatic rings. The van der Waals surface area contributed by atoms with Crippen LogP contribution in [0.1, 0.15) is 24.3 Å². The molecule has 1 heterocycles. The molecule has 2 rings (SSSR count). The van der Waals surface area contributed by atoms with Crippen molar-refractivity contribution < 1.29 is 17.6 Å². The summed E-state index contributed by atoms with van der Waals surface area (Å²) in [5, 5.41) is 2.62. The van der Waals surface area contributed by atoms with Crippen LogP contribution >= 0.6 is 27.5 Å². The SMILES string of the molecule is CC(Nc1ccc(Cl)c(C(F)(F)F)c1)c1ccc(Br)o1. The molecule has 0 radical (unpaired) electrons. The van der Waals surface area contributed by atoms with Gasteiger partial charge in [-0.3, -0.25) is 0 Å². The third-order valence-electron chi connectivity index (χ3n) is 2.68. The minimum absolute atomic E-state index is 0.274. The smallest absolute Gasteiger partial charge is 0.417 e. The Kier molecular flexibility index (Phi) is 4.34. The van der Waals surface area contributed by atoms with Gasteiger partial charge in [-0.1, -0.05) is 11.6 Å². The molecular formula is C13H10BrClF3NO.